The fourth-order valence-electron chi connectivity index (χ4n) is 3.00. The van der Waals surface area contributed by atoms with Gasteiger partial charge in [-0.1, -0.05) is 37.3 Å². The number of nitrogens with zero attached hydrogens (tertiary/aromatic N) is 2. The number of hydroxylamine groups is 2. The highest BCUT2D eigenvalue weighted by Gasteiger charge is 2.19. The van der Waals surface area contributed by atoms with Crippen LogP contribution in [0.3, 0.4) is 0 Å². The first-order valence-electron chi connectivity index (χ1n) is 11.0. The first kappa shape index (κ1) is 24.6. The topological polar surface area (TPSA) is 117 Å². The molecule has 2 amide bonds. The summed E-state index contributed by atoms with van der Waals surface area (Å²) >= 11 is 0. The van der Waals surface area contributed by atoms with Gasteiger partial charge in [0.2, 0.25) is 5.89 Å². The minimum atomic E-state index is -0.980. The summed E-state index contributed by atoms with van der Waals surface area (Å²) in [6, 6.07) is 15.8. The lowest BCUT2D eigenvalue weighted by Crippen LogP contribution is -2.37. The van der Waals surface area contributed by atoms with Crippen molar-refractivity contribution < 1.29 is 28.3 Å². The number of urea groups is 1. The lowest BCUT2D eigenvalue weighted by atomic mass is 10.2. The van der Waals surface area contributed by atoms with Crippen molar-refractivity contribution in [2.75, 3.05) is 6.61 Å². The van der Waals surface area contributed by atoms with Gasteiger partial charge in [-0.25, -0.2) is 14.6 Å². The monoisotopic (exact) mass is 467 g/mol. The molecule has 0 radical (unpaired) electrons. The minimum absolute atomic E-state index is 0.0222. The number of ether oxygens (including phenoxy) is 2. The molecule has 0 aliphatic heterocycles. The first-order valence-corrected chi connectivity index (χ1v) is 11.0. The SMILES string of the molecule is CCC(C)OC(=O)ON(Cc1ccc(OCCc2nc(-c3ccccc3)oc2C)cc1)C(N)=O. The molecule has 34 heavy (non-hydrogen) atoms. The first-order chi connectivity index (χ1) is 16.4. The van der Waals surface area contributed by atoms with Gasteiger partial charge in [0.25, 0.3) is 0 Å². The Labute approximate surface area is 198 Å². The third kappa shape index (κ3) is 6.99. The Kier molecular flexibility index (Phi) is 8.50. The number of amides is 2. The van der Waals surface area contributed by atoms with E-state index >= 15 is 0 Å². The summed E-state index contributed by atoms with van der Waals surface area (Å²) in [5.41, 5.74) is 7.78. The Morgan fingerprint density at radius 3 is 2.47 bits per heavy atom. The van der Waals surface area contributed by atoms with Gasteiger partial charge in [-0.3, -0.25) is 0 Å². The molecule has 1 atom stereocenters. The number of carbonyl (C=O) groups is 2. The van der Waals surface area contributed by atoms with Gasteiger partial charge in [0.1, 0.15) is 17.6 Å². The fourth-order valence-corrected chi connectivity index (χ4v) is 3.00. The van der Waals surface area contributed by atoms with Gasteiger partial charge in [-0.15, -0.1) is 5.06 Å². The lowest BCUT2D eigenvalue weighted by Gasteiger charge is -2.20. The quantitative estimate of drug-likeness (QED) is 0.347. The number of aromatic nitrogens is 1. The largest absolute Gasteiger partial charge is 0.533 e. The molecule has 3 rings (SSSR count). The van der Waals surface area contributed by atoms with Crippen molar-refractivity contribution in [3.05, 3.63) is 71.6 Å². The summed E-state index contributed by atoms with van der Waals surface area (Å²) in [4.78, 5) is 32.9. The maximum atomic E-state index is 11.8. The zero-order chi connectivity index (χ0) is 24.5. The summed E-state index contributed by atoms with van der Waals surface area (Å²) in [7, 11) is 0. The maximum absolute atomic E-state index is 11.8. The van der Waals surface area contributed by atoms with Crippen LogP contribution in [-0.2, 0) is 22.5 Å². The van der Waals surface area contributed by atoms with E-state index in [0.29, 0.717) is 36.7 Å². The highest BCUT2D eigenvalue weighted by Crippen LogP contribution is 2.22. The number of primary amides is 1. The van der Waals surface area contributed by atoms with E-state index in [4.69, 9.17) is 24.5 Å². The molecular formula is C25H29N3O6. The van der Waals surface area contributed by atoms with Gasteiger partial charge >= 0.3 is 12.2 Å². The summed E-state index contributed by atoms with van der Waals surface area (Å²) in [6.45, 7) is 5.86. The third-order valence-electron chi connectivity index (χ3n) is 5.07. The summed E-state index contributed by atoms with van der Waals surface area (Å²) in [5.74, 6) is 2.00. The molecule has 1 unspecified atom stereocenters. The fraction of sp³-hybridized carbons (Fsp3) is 0.320. The van der Waals surface area contributed by atoms with E-state index in [0.717, 1.165) is 22.1 Å². The van der Waals surface area contributed by atoms with Crippen molar-refractivity contribution in [1.82, 2.24) is 10.0 Å². The molecule has 0 spiro atoms. The molecule has 1 heterocycles. The summed E-state index contributed by atoms with van der Waals surface area (Å²) in [5, 5.41) is 0.748. The van der Waals surface area contributed by atoms with E-state index in [1.807, 2.05) is 44.2 Å². The highest BCUT2D eigenvalue weighted by atomic mass is 16.8. The number of hydrogen-bond donors (Lipinski definition) is 1. The maximum Gasteiger partial charge on any atom is 0.533 e. The smallest absolute Gasteiger partial charge is 0.493 e. The predicted octanol–water partition coefficient (Wildman–Crippen LogP) is 5.02. The molecule has 0 aliphatic rings. The van der Waals surface area contributed by atoms with Gasteiger partial charge in [0.15, 0.2) is 0 Å². The van der Waals surface area contributed by atoms with Gasteiger partial charge < -0.3 is 24.5 Å². The molecule has 2 N–H and O–H groups in total. The number of oxazole rings is 1. The second-order valence-electron chi connectivity index (χ2n) is 7.68. The molecule has 2 aromatic carbocycles. The summed E-state index contributed by atoms with van der Waals surface area (Å²) in [6.07, 6.45) is -0.0976. The normalized spacial score (nSPS) is 11.5. The molecular weight excluding hydrogens is 438 g/mol. The van der Waals surface area contributed by atoms with Crippen LogP contribution in [0.25, 0.3) is 11.5 Å². The summed E-state index contributed by atoms with van der Waals surface area (Å²) < 4.78 is 16.6. The number of rotatable bonds is 9. The van der Waals surface area contributed by atoms with Crippen LogP contribution in [0.4, 0.5) is 9.59 Å². The third-order valence-corrected chi connectivity index (χ3v) is 5.07. The van der Waals surface area contributed by atoms with Crippen LogP contribution in [0.15, 0.2) is 59.0 Å². The average molecular weight is 468 g/mol. The predicted molar refractivity (Wildman–Crippen MR) is 125 cm³/mol. The van der Waals surface area contributed by atoms with Crippen LogP contribution >= 0.6 is 0 Å². The lowest BCUT2D eigenvalue weighted by molar-refractivity contribution is -0.103. The zero-order valence-corrected chi connectivity index (χ0v) is 19.5. The number of carbonyl (C=O) groups excluding carboxylic acids is 2. The molecule has 0 aliphatic carbocycles. The number of aryl methyl sites for hydroxylation is 1. The van der Waals surface area contributed by atoms with Crippen LogP contribution in [0.2, 0.25) is 0 Å². The molecule has 9 nitrogen and oxygen atoms in total. The van der Waals surface area contributed by atoms with E-state index in [9.17, 15) is 9.59 Å². The van der Waals surface area contributed by atoms with Crippen LogP contribution < -0.4 is 10.5 Å². The van der Waals surface area contributed by atoms with Crippen LogP contribution in [0.1, 0.15) is 37.3 Å². The van der Waals surface area contributed by atoms with Crippen molar-refractivity contribution in [1.29, 1.82) is 0 Å². The molecule has 180 valence electrons. The van der Waals surface area contributed by atoms with Gasteiger partial charge in [0.05, 0.1) is 18.8 Å². The number of benzene rings is 2. The molecule has 9 heteroatoms. The Morgan fingerprint density at radius 1 is 1.12 bits per heavy atom. The van der Waals surface area contributed by atoms with Gasteiger partial charge in [-0.05, 0) is 50.1 Å². The Morgan fingerprint density at radius 2 is 1.82 bits per heavy atom. The van der Waals surface area contributed by atoms with E-state index < -0.39 is 12.2 Å². The number of nitrogens with two attached hydrogens (primary N) is 1. The Balaban J connectivity index is 1.51. The minimum Gasteiger partial charge on any atom is -0.493 e. The second-order valence-corrected chi connectivity index (χ2v) is 7.68. The number of hydrogen-bond acceptors (Lipinski definition) is 7. The zero-order valence-electron chi connectivity index (χ0n) is 19.5. The van der Waals surface area contributed by atoms with E-state index in [1.165, 1.54) is 0 Å². The molecule has 0 fully saturated rings. The molecule has 0 saturated carbocycles. The van der Waals surface area contributed by atoms with Gasteiger partial charge in [0, 0.05) is 12.0 Å². The van der Waals surface area contributed by atoms with Crippen molar-refractivity contribution in [2.45, 2.75) is 46.3 Å². The van der Waals surface area contributed by atoms with Crippen LogP contribution in [-0.4, -0.2) is 34.9 Å². The molecule has 3 aromatic rings. The van der Waals surface area contributed by atoms with E-state index in [2.05, 4.69) is 4.98 Å². The molecule has 0 saturated heterocycles. The van der Waals surface area contributed by atoms with Crippen LogP contribution in [0.5, 0.6) is 5.75 Å². The Bertz CT molecular complexity index is 1080. The average Bonchev–Trinajstić information content (AvgIpc) is 3.20. The highest BCUT2D eigenvalue weighted by molar-refractivity contribution is 5.73. The van der Waals surface area contributed by atoms with Crippen molar-refractivity contribution in [2.24, 2.45) is 5.73 Å². The van der Waals surface area contributed by atoms with Gasteiger partial charge in [-0.2, -0.15) is 0 Å². The van der Waals surface area contributed by atoms with Crippen molar-refractivity contribution in [3.8, 4) is 17.2 Å². The van der Waals surface area contributed by atoms with Crippen LogP contribution in [0, 0.1) is 6.92 Å². The standard InChI is InChI=1S/C25H29N3O6/c1-4-17(2)32-25(30)34-28(24(26)29)16-19-10-12-21(13-11-19)31-15-14-22-18(3)33-23(27-22)20-8-6-5-7-9-20/h5-13,17H,4,14-16H2,1-3H3,(H2,26,29). The molecule has 0 bridgehead atoms. The van der Waals surface area contributed by atoms with Crippen molar-refractivity contribution in [3.63, 3.8) is 0 Å². The van der Waals surface area contributed by atoms with Crippen molar-refractivity contribution >= 4 is 12.2 Å². The van der Waals surface area contributed by atoms with E-state index in [-0.39, 0.29) is 12.6 Å². The second kappa shape index (κ2) is 11.7. The van der Waals surface area contributed by atoms with E-state index in [1.54, 1.807) is 31.2 Å². The molecule has 1 aromatic heterocycles. The Hall–Kier alpha value is -4.01.